The van der Waals surface area contributed by atoms with Crippen LogP contribution in [0.2, 0.25) is 0 Å². The van der Waals surface area contributed by atoms with E-state index < -0.39 is 5.82 Å². The molecule has 0 spiro atoms. The standard InChI is InChI=1S/C8H6FO/c1-6-2-3-8(9)7(4-6)5-10/h2-4H,1H3. The molecule has 0 N–H and O–H groups in total. The van der Waals surface area contributed by atoms with Gasteiger partial charge in [-0.25, -0.2) is 4.39 Å². The van der Waals surface area contributed by atoms with Gasteiger partial charge >= 0.3 is 0 Å². The predicted molar refractivity (Wildman–Crippen MR) is 35.9 cm³/mol. The van der Waals surface area contributed by atoms with E-state index >= 15 is 0 Å². The van der Waals surface area contributed by atoms with Gasteiger partial charge in [-0.1, -0.05) is 11.6 Å². The van der Waals surface area contributed by atoms with E-state index in [1.807, 2.05) is 0 Å². The average molecular weight is 137 g/mol. The lowest BCUT2D eigenvalue weighted by Gasteiger charge is -1.93. The highest BCUT2D eigenvalue weighted by molar-refractivity contribution is 5.75. The van der Waals surface area contributed by atoms with E-state index in [1.54, 1.807) is 13.0 Å². The van der Waals surface area contributed by atoms with Gasteiger partial charge in [0.25, 0.3) is 0 Å². The van der Waals surface area contributed by atoms with Gasteiger partial charge < -0.3 is 0 Å². The summed E-state index contributed by atoms with van der Waals surface area (Å²) in [6.45, 7) is 1.79. The van der Waals surface area contributed by atoms with Crippen molar-refractivity contribution in [3.63, 3.8) is 0 Å². The zero-order chi connectivity index (χ0) is 7.56. The Morgan fingerprint density at radius 2 is 2.20 bits per heavy atom. The first-order chi connectivity index (χ1) is 4.74. The van der Waals surface area contributed by atoms with Crippen LogP contribution in [0.15, 0.2) is 18.2 Å². The van der Waals surface area contributed by atoms with Crippen LogP contribution in [0.1, 0.15) is 11.1 Å². The summed E-state index contributed by atoms with van der Waals surface area (Å²) in [7, 11) is 0. The molecule has 1 rings (SSSR count). The molecular formula is C8H6FO. The van der Waals surface area contributed by atoms with Crippen LogP contribution >= 0.6 is 0 Å². The highest BCUT2D eigenvalue weighted by Gasteiger charge is 1.99. The molecule has 1 aromatic carbocycles. The quantitative estimate of drug-likeness (QED) is 0.574. The number of hydrogen-bond donors (Lipinski definition) is 0. The molecule has 0 saturated carbocycles. The Morgan fingerprint density at radius 3 is 2.70 bits per heavy atom. The molecule has 0 aromatic heterocycles. The Hall–Kier alpha value is -1.18. The van der Waals surface area contributed by atoms with Gasteiger partial charge in [0.15, 0.2) is 0 Å². The zero-order valence-corrected chi connectivity index (χ0v) is 5.52. The van der Waals surface area contributed by atoms with Gasteiger partial charge in [0, 0.05) is 0 Å². The van der Waals surface area contributed by atoms with Gasteiger partial charge in [-0.05, 0) is 19.1 Å². The van der Waals surface area contributed by atoms with E-state index in [1.165, 1.54) is 18.4 Å². The maximum Gasteiger partial charge on any atom is 0.236 e. The summed E-state index contributed by atoms with van der Waals surface area (Å²) in [5.41, 5.74) is 0.861. The highest BCUT2D eigenvalue weighted by atomic mass is 19.1. The summed E-state index contributed by atoms with van der Waals surface area (Å²) < 4.78 is 12.5. The van der Waals surface area contributed by atoms with Crippen molar-refractivity contribution in [2.45, 2.75) is 6.92 Å². The van der Waals surface area contributed by atoms with E-state index in [9.17, 15) is 9.18 Å². The van der Waals surface area contributed by atoms with Crippen LogP contribution in [-0.2, 0) is 4.79 Å². The normalized spacial score (nSPS) is 9.40. The Balaban J connectivity index is 3.21. The summed E-state index contributed by atoms with van der Waals surface area (Å²) in [5, 5.41) is 0. The minimum atomic E-state index is -0.513. The third-order valence-corrected chi connectivity index (χ3v) is 1.23. The molecule has 0 aliphatic rings. The molecule has 0 bridgehead atoms. The van der Waals surface area contributed by atoms with E-state index in [-0.39, 0.29) is 5.56 Å². The largest absolute Gasteiger partial charge is 0.285 e. The minimum absolute atomic E-state index is 0.000000000000000222. The summed E-state index contributed by atoms with van der Waals surface area (Å²) in [6.07, 6.45) is 1.51. The first-order valence-corrected chi connectivity index (χ1v) is 2.88. The third kappa shape index (κ3) is 1.21. The predicted octanol–water partition coefficient (Wildman–Crippen LogP) is 1.59. The van der Waals surface area contributed by atoms with Crippen molar-refractivity contribution in [2.24, 2.45) is 0 Å². The summed E-state index contributed by atoms with van der Waals surface area (Å²) >= 11 is 0. The molecule has 0 heterocycles. The Bertz CT molecular complexity index is 255. The number of hydrogen-bond acceptors (Lipinski definition) is 1. The van der Waals surface area contributed by atoms with Gasteiger partial charge in [0.05, 0.1) is 5.56 Å². The molecule has 10 heavy (non-hydrogen) atoms. The van der Waals surface area contributed by atoms with Crippen LogP contribution in [0.5, 0.6) is 0 Å². The monoisotopic (exact) mass is 137 g/mol. The lowest BCUT2D eigenvalue weighted by molar-refractivity contribution is 0.556. The molecule has 0 fully saturated rings. The molecule has 0 unspecified atom stereocenters. The van der Waals surface area contributed by atoms with Crippen LogP contribution in [-0.4, -0.2) is 6.29 Å². The maximum absolute atomic E-state index is 12.5. The number of rotatable bonds is 1. The van der Waals surface area contributed by atoms with E-state index in [0.29, 0.717) is 0 Å². The summed E-state index contributed by atoms with van der Waals surface area (Å²) in [5.74, 6) is -0.513. The molecule has 0 atom stereocenters. The number of benzene rings is 1. The molecular weight excluding hydrogens is 131 g/mol. The SMILES string of the molecule is Cc1ccc(F)c([C]=O)c1. The van der Waals surface area contributed by atoms with Gasteiger partial charge in [-0.2, -0.15) is 0 Å². The Morgan fingerprint density at radius 1 is 1.50 bits per heavy atom. The Kier molecular flexibility index (Phi) is 1.81. The first kappa shape index (κ1) is 6.93. The van der Waals surface area contributed by atoms with Crippen molar-refractivity contribution >= 4 is 6.29 Å². The fourth-order valence-corrected chi connectivity index (χ4v) is 0.717. The van der Waals surface area contributed by atoms with Crippen molar-refractivity contribution < 1.29 is 9.18 Å². The Labute approximate surface area is 58.5 Å². The molecule has 0 aliphatic heterocycles. The lowest BCUT2D eigenvalue weighted by atomic mass is 10.1. The van der Waals surface area contributed by atoms with Crippen LogP contribution in [0, 0.1) is 12.7 Å². The van der Waals surface area contributed by atoms with E-state index in [4.69, 9.17) is 0 Å². The van der Waals surface area contributed by atoms with Crippen LogP contribution < -0.4 is 0 Å². The average Bonchev–Trinajstić information content (AvgIpc) is 1.94. The van der Waals surface area contributed by atoms with Crippen LogP contribution in [0.25, 0.3) is 0 Å². The molecule has 0 aliphatic carbocycles. The van der Waals surface area contributed by atoms with Crippen molar-refractivity contribution in [1.29, 1.82) is 0 Å². The van der Waals surface area contributed by atoms with Crippen LogP contribution in [0.3, 0.4) is 0 Å². The number of aryl methyl sites for hydroxylation is 1. The molecule has 1 aromatic rings. The second-order valence-electron chi connectivity index (χ2n) is 2.09. The second-order valence-corrected chi connectivity index (χ2v) is 2.09. The van der Waals surface area contributed by atoms with Crippen molar-refractivity contribution in [3.8, 4) is 0 Å². The van der Waals surface area contributed by atoms with E-state index in [0.717, 1.165) is 5.56 Å². The van der Waals surface area contributed by atoms with E-state index in [2.05, 4.69) is 0 Å². The maximum atomic E-state index is 12.5. The molecule has 0 saturated heterocycles. The van der Waals surface area contributed by atoms with Crippen LogP contribution in [0.4, 0.5) is 4.39 Å². The van der Waals surface area contributed by atoms with Crippen molar-refractivity contribution in [1.82, 2.24) is 0 Å². The highest BCUT2D eigenvalue weighted by Crippen LogP contribution is 2.06. The van der Waals surface area contributed by atoms with Gasteiger partial charge in [0.2, 0.25) is 6.29 Å². The molecule has 2 heteroatoms. The summed E-state index contributed by atoms with van der Waals surface area (Å²) in [4.78, 5) is 10.0. The number of halogens is 1. The minimum Gasteiger partial charge on any atom is -0.285 e. The van der Waals surface area contributed by atoms with Crippen molar-refractivity contribution in [2.75, 3.05) is 0 Å². The smallest absolute Gasteiger partial charge is 0.236 e. The fraction of sp³-hybridized carbons (Fsp3) is 0.125. The van der Waals surface area contributed by atoms with Crippen molar-refractivity contribution in [3.05, 3.63) is 35.1 Å². The molecule has 51 valence electrons. The molecule has 1 radical (unpaired) electrons. The zero-order valence-electron chi connectivity index (χ0n) is 5.52. The lowest BCUT2D eigenvalue weighted by Crippen LogP contribution is -1.87. The molecule has 0 amide bonds. The number of carbonyl (C=O) groups excluding carboxylic acids is 1. The molecule has 1 nitrogen and oxygen atoms in total. The first-order valence-electron chi connectivity index (χ1n) is 2.88. The summed E-state index contributed by atoms with van der Waals surface area (Å²) in [6, 6.07) is 4.33. The van der Waals surface area contributed by atoms with Gasteiger partial charge in [0.1, 0.15) is 5.82 Å². The van der Waals surface area contributed by atoms with Gasteiger partial charge in [-0.3, -0.25) is 4.79 Å². The topological polar surface area (TPSA) is 17.1 Å². The third-order valence-electron chi connectivity index (χ3n) is 1.23. The second kappa shape index (κ2) is 2.60. The van der Waals surface area contributed by atoms with Gasteiger partial charge in [-0.15, -0.1) is 0 Å². The fourth-order valence-electron chi connectivity index (χ4n) is 0.717.